The normalized spacial score (nSPS) is 17.2. The summed E-state index contributed by atoms with van der Waals surface area (Å²) in [4.78, 5) is 12.0. The summed E-state index contributed by atoms with van der Waals surface area (Å²) >= 11 is 0. The summed E-state index contributed by atoms with van der Waals surface area (Å²) < 4.78 is 5.19. The van der Waals surface area contributed by atoms with Crippen molar-refractivity contribution in [2.45, 2.75) is 25.4 Å². The van der Waals surface area contributed by atoms with E-state index in [4.69, 9.17) is 4.52 Å². The summed E-state index contributed by atoms with van der Waals surface area (Å²) in [5.41, 5.74) is 0.247. The third-order valence-electron chi connectivity index (χ3n) is 3.86. The highest BCUT2D eigenvalue weighted by Crippen LogP contribution is 2.39. The Bertz CT molecular complexity index is 630. The third-order valence-corrected chi connectivity index (χ3v) is 3.86. The Morgan fingerprint density at radius 2 is 2.14 bits per heavy atom. The van der Waals surface area contributed by atoms with Gasteiger partial charge in [0.05, 0.1) is 5.60 Å². The number of carbonyl (C=O) groups is 1. The zero-order valence-electron chi connectivity index (χ0n) is 11.9. The molecule has 3 rings (SSSR count). The van der Waals surface area contributed by atoms with Crippen molar-refractivity contribution >= 4 is 5.91 Å². The molecule has 1 aliphatic rings. The van der Waals surface area contributed by atoms with E-state index >= 15 is 0 Å². The van der Waals surface area contributed by atoms with E-state index in [1.165, 1.54) is 0 Å². The van der Waals surface area contributed by atoms with Gasteiger partial charge in [-0.05, 0) is 25.7 Å². The molecule has 1 saturated carbocycles. The van der Waals surface area contributed by atoms with E-state index in [0.29, 0.717) is 5.76 Å². The fourth-order valence-corrected chi connectivity index (χ4v) is 2.32. The predicted octanol–water partition coefficient (Wildman–Crippen LogP) is 2.23. The van der Waals surface area contributed by atoms with Crippen LogP contribution >= 0.6 is 0 Å². The standard InChI is InChI=1S/C16H18N2O3/c1-16(20,12-7-8-12)10-17-15(19)13-9-14(21-18-13)11-5-3-2-4-6-11/h2-6,9,12,20H,7-8,10H2,1H3,(H,17,19). The Hall–Kier alpha value is -2.14. The minimum Gasteiger partial charge on any atom is -0.388 e. The lowest BCUT2D eigenvalue weighted by molar-refractivity contribution is 0.0353. The lowest BCUT2D eigenvalue weighted by Crippen LogP contribution is -2.42. The number of benzene rings is 1. The second kappa shape index (κ2) is 5.33. The van der Waals surface area contributed by atoms with E-state index in [1.807, 2.05) is 30.3 Å². The number of aliphatic hydroxyl groups is 1. The Balaban J connectivity index is 1.64. The number of hydrogen-bond donors (Lipinski definition) is 2. The molecule has 0 bridgehead atoms. The molecule has 0 spiro atoms. The van der Waals surface area contributed by atoms with Gasteiger partial charge in [-0.3, -0.25) is 4.79 Å². The molecule has 1 aromatic heterocycles. The van der Waals surface area contributed by atoms with Crippen LogP contribution in [0, 0.1) is 5.92 Å². The van der Waals surface area contributed by atoms with Crippen LogP contribution in [0.3, 0.4) is 0 Å². The van der Waals surface area contributed by atoms with Crippen molar-refractivity contribution in [3.8, 4) is 11.3 Å². The van der Waals surface area contributed by atoms with Crippen molar-refractivity contribution in [3.05, 3.63) is 42.1 Å². The molecule has 0 saturated heterocycles. The summed E-state index contributed by atoms with van der Waals surface area (Å²) in [5, 5.41) is 16.7. The van der Waals surface area contributed by atoms with Gasteiger partial charge >= 0.3 is 0 Å². The van der Waals surface area contributed by atoms with Gasteiger partial charge in [0.25, 0.3) is 5.91 Å². The van der Waals surface area contributed by atoms with Crippen LogP contribution in [0.25, 0.3) is 11.3 Å². The largest absolute Gasteiger partial charge is 0.388 e. The third kappa shape index (κ3) is 3.13. The number of aromatic nitrogens is 1. The maximum absolute atomic E-state index is 12.0. The molecule has 110 valence electrons. The van der Waals surface area contributed by atoms with Crippen molar-refractivity contribution in [2.75, 3.05) is 6.54 Å². The van der Waals surface area contributed by atoms with Crippen molar-refractivity contribution in [3.63, 3.8) is 0 Å². The second-order valence-corrected chi connectivity index (χ2v) is 5.76. The van der Waals surface area contributed by atoms with E-state index in [0.717, 1.165) is 18.4 Å². The van der Waals surface area contributed by atoms with Gasteiger partial charge in [0.15, 0.2) is 11.5 Å². The number of rotatable bonds is 5. The van der Waals surface area contributed by atoms with E-state index < -0.39 is 5.60 Å². The molecule has 0 aliphatic heterocycles. The summed E-state index contributed by atoms with van der Waals surface area (Å²) in [5.74, 6) is 0.506. The molecule has 0 radical (unpaired) electrons. The molecule has 2 N–H and O–H groups in total. The molecule has 5 nitrogen and oxygen atoms in total. The maximum atomic E-state index is 12.0. The van der Waals surface area contributed by atoms with Gasteiger partial charge < -0.3 is 14.9 Å². The molecular formula is C16H18N2O3. The Morgan fingerprint density at radius 3 is 2.81 bits per heavy atom. The highest BCUT2D eigenvalue weighted by atomic mass is 16.5. The second-order valence-electron chi connectivity index (χ2n) is 5.76. The molecule has 1 amide bonds. The molecule has 1 unspecified atom stereocenters. The number of amides is 1. The van der Waals surface area contributed by atoms with Gasteiger partial charge in [-0.1, -0.05) is 35.5 Å². The molecule has 21 heavy (non-hydrogen) atoms. The first-order valence-corrected chi connectivity index (χ1v) is 7.09. The summed E-state index contributed by atoms with van der Waals surface area (Å²) in [7, 11) is 0. The highest BCUT2D eigenvalue weighted by Gasteiger charge is 2.40. The zero-order chi connectivity index (χ0) is 14.9. The van der Waals surface area contributed by atoms with Crippen LogP contribution in [-0.4, -0.2) is 28.3 Å². The monoisotopic (exact) mass is 286 g/mol. The molecule has 5 heteroatoms. The van der Waals surface area contributed by atoms with Crippen LogP contribution in [0.15, 0.2) is 40.9 Å². The number of nitrogens with zero attached hydrogens (tertiary/aromatic N) is 1. The first-order chi connectivity index (χ1) is 10.1. The summed E-state index contributed by atoms with van der Waals surface area (Å²) in [6, 6.07) is 11.1. The summed E-state index contributed by atoms with van der Waals surface area (Å²) in [6.45, 7) is 1.98. The van der Waals surface area contributed by atoms with Gasteiger partial charge in [-0.15, -0.1) is 0 Å². The van der Waals surface area contributed by atoms with Crippen LogP contribution in [0.2, 0.25) is 0 Å². The van der Waals surface area contributed by atoms with Gasteiger partial charge in [-0.25, -0.2) is 0 Å². The Morgan fingerprint density at radius 1 is 1.43 bits per heavy atom. The fourth-order valence-electron chi connectivity index (χ4n) is 2.32. The van der Waals surface area contributed by atoms with Gasteiger partial charge in [0.1, 0.15) is 0 Å². The first kappa shape index (κ1) is 13.8. The molecule has 1 aromatic carbocycles. The predicted molar refractivity (Wildman–Crippen MR) is 77.6 cm³/mol. The average Bonchev–Trinajstić information content (AvgIpc) is 3.24. The molecule has 2 aromatic rings. The smallest absolute Gasteiger partial charge is 0.273 e. The lowest BCUT2D eigenvalue weighted by atomic mass is 10.0. The van der Waals surface area contributed by atoms with Crippen molar-refractivity contribution in [1.82, 2.24) is 10.5 Å². The van der Waals surface area contributed by atoms with Gasteiger partial charge in [0, 0.05) is 18.2 Å². The molecular weight excluding hydrogens is 268 g/mol. The van der Waals surface area contributed by atoms with E-state index in [9.17, 15) is 9.90 Å². The Labute approximate surface area is 123 Å². The van der Waals surface area contributed by atoms with E-state index in [1.54, 1.807) is 13.0 Å². The van der Waals surface area contributed by atoms with Gasteiger partial charge in [0.2, 0.25) is 0 Å². The minimum absolute atomic E-state index is 0.223. The molecule has 1 aliphatic carbocycles. The number of hydrogen-bond acceptors (Lipinski definition) is 4. The number of carbonyl (C=O) groups excluding carboxylic acids is 1. The van der Waals surface area contributed by atoms with Crippen LogP contribution < -0.4 is 5.32 Å². The molecule has 1 fully saturated rings. The van der Waals surface area contributed by atoms with Crippen molar-refractivity contribution in [1.29, 1.82) is 0 Å². The van der Waals surface area contributed by atoms with Crippen molar-refractivity contribution < 1.29 is 14.4 Å². The number of nitrogens with one attached hydrogen (secondary N) is 1. The minimum atomic E-state index is -0.846. The first-order valence-electron chi connectivity index (χ1n) is 7.09. The Kier molecular flexibility index (Phi) is 3.51. The van der Waals surface area contributed by atoms with Crippen LogP contribution in [0.4, 0.5) is 0 Å². The fraction of sp³-hybridized carbons (Fsp3) is 0.375. The topological polar surface area (TPSA) is 75.4 Å². The zero-order valence-corrected chi connectivity index (χ0v) is 11.9. The van der Waals surface area contributed by atoms with Crippen LogP contribution in [0.1, 0.15) is 30.3 Å². The van der Waals surface area contributed by atoms with E-state index in [-0.39, 0.29) is 24.1 Å². The van der Waals surface area contributed by atoms with E-state index in [2.05, 4.69) is 10.5 Å². The molecule has 1 atom stereocenters. The maximum Gasteiger partial charge on any atom is 0.273 e. The van der Waals surface area contributed by atoms with Crippen LogP contribution in [-0.2, 0) is 0 Å². The van der Waals surface area contributed by atoms with Gasteiger partial charge in [-0.2, -0.15) is 0 Å². The quantitative estimate of drug-likeness (QED) is 0.884. The van der Waals surface area contributed by atoms with Crippen LogP contribution in [0.5, 0.6) is 0 Å². The average molecular weight is 286 g/mol. The lowest BCUT2D eigenvalue weighted by Gasteiger charge is -2.22. The van der Waals surface area contributed by atoms with Crippen molar-refractivity contribution in [2.24, 2.45) is 5.92 Å². The SMILES string of the molecule is CC(O)(CNC(=O)c1cc(-c2ccccc2)on1)C1CC1. The summed E-state index contributed by atoms with van der Waals surface area (Å²) in [6.07, 6.45) is 2.04. The highest BCUT2D eigenvalue weighted by molar-refractivity contribution is 5.93. The molecule has 1 heterocycles.